The molecule has 1 fully saturated rings. The van der Waals surface area contributed by atoms with Crippen molar-refractivity contribution in [2.45, 2.75) is 71.4 Å². The van der Waals surface area contributed by atoms with Gasteiger partial charge in [-0.1, -0.05) is 26.7 Å². The molecule has 20 heavy (non-hydrogen) atoms. The van der Waals surface area contributed by atoms with Crippen LogP contribution in [0.2, 0.25) is 0 Å². The SMILES string of the molecule is CCC(C)C(N)C(=O)NCCCCN1CCCCC1C. The smallest absolute Gasteiger partial charge is 0.237 e. The van der Waals surface area contributed by atoms with Gasteiger partial charge in [-0.25, -0.2) is 0 Å². The Morgan fingerprint density at radius 2 is 2.15 bits per heavy atom. The lowest BCUT2D eigenvalue weighted by molar-refractivity contribution is -0.123. The summed E-state index contributed by atoms with van der Waals surface area (Å²) >= 11 is 0. The summed E-state index contributed by atoms with van der Waals surface area (Å²) in [5.74, 6) is 0.259. The van der Waals surface area contributed by atoms with E-state index in [0.29, 0.717) is 0 Å². The molecule has 4 nitrogen and oxygen atoms in total. The van der Waals surface area contributed by atoms with E-state index in [1.807, 2.05) is 6.92 Å². The highest BCUT2D eigenvalue weighted by atomic mass is 16.2. The molecule has 3 unspecified atom stereocenters. The predicted molar refractivity (Wildman–Crippen MR) is 84.6 cm³/mol. The molecule has 1 amide bonds. The van der Waals surface area contributed by atoms with Crippen LogP contribution in [-0.2, 0) is 4.79 Å². The largest absolute Gasteiger partial charge is 0.355 e. The van der Waals surface area contributed by atoms with Gasteiger partial charge in [-0.3, -0.25) is 4.79 Å². The van der Waals surface area contributed by atoms with Gasteiger partial charge in [0, 0.05) is 12.6 Å². The van der Waals surface area contributed by atoms with Gasteiger partial charge >= 0.3 is 0 Å². The van der Waals surface area contributed by atoms with Crippen LogP contribution in [0.1, 0.15) is 59.3 Å². The third-order valence-electron chi connectivity index (χ3n) is 4.67. The first-order chi connectivity index (χ1) is 9.56. The van der Waals surface area contributed by atoms with Crippen molar-refractivity contribution in [3.05, 3.63) is 0 Å². The number of hydrogen-bond acceptors (Lipinski definition) is 3. The zero-order chi connectivity index (χ0) is 15.0. The molecule has 1 aliphatic heterocycles. The summed E-state index contributed by atoms with van der Waals surface area (Å²) in [6.45, 7) is 9.58. The highest BCUT2D eigenvalue weighted by Crippen LogP contribution is 2.16. The van der Waals surface area contributed by atoms with Crippen LogP contribution >= 0.6 is 0 Å². The number of piperidine rings is 1. The molecule has 1 saturated heterocycles. The average Bonchev–Trinajstić information content (AvgIpc) is 2.46. The van der Waals surface area contributed by atoms with Gasteiger partial charge in [0.2, 0.25) is 5.91 Å². The number of hydrogen-bond donors (Lipinski definition) is 2. The minimum atomic E-state index is -0.359. The second kappa shape index (κ2) is 9.35. The van der Waals surface area contributed by atoms with Crippen LogP contribution in [0.25, 0.3) is 0 Å². The lowest BCUT2D eigenvalue weighted by Crippen LogP contribution is -2.45. The lowest BCUT2D eigenvalue weighted by Gasteiger charge is -2.33. The number of carbonyl (C=O) groups excluding carboxylic acids is 1. The molecular weight excluding hydrogens is 250 g/mol. The number of likely N-dealkylation sites (tertiary alicyclic amines) is 1. The number of rotatable bonds is 8. The van der Waals surface area contributed by atoms with Crippen molar-refractivity contribution in [3.8, 4) is 0 Å². The predicted octanol–water partition coefficient (Wildman–Crippen LogP) is 2.13. The molecular formula is C16H33N3O. The fraction of sp³-hybridized carbons (Fsp3) is 0.938. The van der Waals surface area contributed by atoms with E-state index >= 15 is 0 Å². The van der Waals surface area contributed by atoms with E-state index in [-0.39, 0.29) is 17.9 Å². The number of nitrogens with two attached hydrogens (primary N) is 1. The van der Waals surface area contributed by atoms with Crippen LogP contribution in [0, 0.1) is 5.92 Å². The van der Waals surface area contributed by atoms with Gasteiger partial charge in [0.1, 0.15) is 0 Å². The van der Waals surface area contributed by atoms with Gasteiger partial charge in [0.25, 0.3) is 0 Å². The first kappa shape index (κ1) is 17.4. The first-order valence-corrected chi connectivity index (χ1v) is 8.33. The van der Waals surface area contributed by atoms with Crippen molar-refractivity contribution in [1.29, 1.82) is 0 Å². The molecule has 0 aromatic heterocycles. The molecule has 1 heterocycles. The van der Waals surface area contributed by atoms with Crippen LogP contribution < -0.4 is 11.1 Å². The van der Waals surface area contributed by atoms with Crippen LogP contribution in [0.5, 0.6) is 0 Å². The molecule has 0 spiro atoms. The molecule has 0 aromatic rings. The third kappa shape index (κ3) is 5.80. The topological polar surface area (TPSA) is 58.4 Å². The fourth-order valence-electron chi connectivity index (χ4n) is 2.77. The van der Waals surface area contributed by atoms with Gasteiger partial charge in [0.05, 0.1) is 6.04 Å². The van der Waals surface area contributed by atoms with Crippen molar-refractivity contribution in [2.75, 3.05) is 19.6 Å². The van der Waals surface area contributed by atoms with E-state index in [9.17, 15) is 4.79 Å². The van der Waals surface area contributed by atoms with E-state index in [2.05, 4.69) is 24.1 Å². The Morgan fingerprint density at radius 3 is 2.80 bits per heavy atom. The summed E-state index contributed by atoms with van der Waals surface area (Å²) in [7, 11) is 0. The quantitative estimate of drug-likeness (QED) is 0.671. The zero-order valence-electron chi connectivity index (χ0n) is 13.5. The second-order valence-electron chi connectivity index (χ2n) is 6.29. The van der Waals surface area contributed by atoms with Crippen LogP contribution in [0.3, 0.4) is 0 Å². The van der Waals surface area contributed by atoms with E-state index in [1.54, 1.807) is 0 Å². The van der Waals surface area contributed by atoms with Crippen molar-refractivity contribution in [2.24, 2.45) is 11.7 Å². The Bertz CT molecular complexity index is 283. The maximum Gasteiger partial charge on any atom is 0.237 e. The van der Waals surface area contributed by atoms with Crippen LogP contribution in [0.15, 0.2) is 0 Å². The Balaban J connectivity index is 2.08. The number of unbranched alkanes of at least 4 members (excludes halogenated alkanes) is 1. The maximum absolute atomic E-state index is 11.8. The minimum Gasteiger partial charge on any atom is -0.355 e. The van der Waals surface area contributed by atoms with Gasteiger partial charge in [-0.15, -0.1) is 0 Å². The molecule has 0 saturated carbocycles. The van der Waals surface area contributed by atoms with Gasteiger partial charge in [0.15, 0.2) is 0 Å². The highest BCUT2D eigenvalue weighted by Gasteiger charge is 2.19. The summed E-state index contributed by atoms with van der Waals surface area (Å²) in [5.41, 5.74) is 5.90. The molecule has 3 N–H and O–H groups in total. The molecule has 0 aromatic carbocycles. The third-order valence-corrected chi connectivity index (χ3v) is 4.67. The van der Waals surface area contributed by atoms with E-state index in [0.717, 1.165) is 38.4 Å². The molecule has 3 atom stereocenters. The lowest BCUT2D eigenvalue weighted by atomic mass is 9.99. The molecule has 1 rings (SSSR count). The van der Waals surface area contributed by atoms with Crippen molar-refractivity contribution in [3.63, 3.8) is 0 Å². The maximum atomic E-state index is 11.8. The molecule has 4 heteroatoms. The number of amides is 1. The van der Waals surface area contributed by atoms with Gasteiger partial charge < -0.3 is 16.0 Å². The minimum absolute atomic E-state index is 0.00527. The zero-order valence-corrected chi connectivity index (χ0v) is 13.5. The van der Waals surface area contributed by atoms with Gasteiger partial charge in [-0.05, 0) is 51.6 Å². The number of nitrogens with zero attached hydrogens (tertiary/aromatic N) is 1. The molecule has 1 aliphatic rings. The van der Waals surface area contributed by atoms with E-state index in [1.165, 1.54) is 25.8 Å². The normalized spacial score (nSPS) is 23.3. The Hall–Kier alpha value is -0.610. The van der Waals surface area contributed by atoms with E-state index in [4.69, 9.17) is 5.73 Å². The monoisotopic (exact) mass is 283 g/mol. The summed E-state index contributed by atoms with van der Waals surface area (Å²) in [6.07, 6.45) is 7.19. The van der Waals surface area contributed by atoms with E-state index < -0.39 is 0 Å². The molecule has 118 valence electrons. The van der Waals surface area contributed by atoms with Crippen LogP contribution in [0.4, 0.5) is 0 Å². The molecule has 0 radical (unpaired) electrons. The molecule has 0 bridgehead atoms. The van der Waals surface area contributed by atoms with Crippen LogP contribution in [-0.4, -0.2) is 42.5 Å². The van der Waals surface area contributed by atoms with Crippen molar-refractivity contribution >= 4 is 5.91 Å². The van der Waals surface area contributed by atoms with Crippen molar-refractivity contribution in [1.82, 2.24) is 10.2 Å². The summed E-state index contributed by atoms with van der Waals surface area (Å²) in [4.78, 5) is 14.4. The number of carbonyl (C=O) groups is 1. The molecule has 0 aliphatic carbocycles. The Kier molecular flexibility index (Phi) is 8.15. The van der Waals surface area contributed by atoms with Gasteiger partial charge in [-0.2, -0.15) is 0 Å². The Morgan fingerprint density at radius 1 is 1.40 bits per heavy atom. The Labute approximate surface area is 124 Å². The summed E-state index contributed by atoms with van der Waals surface area (Å²) < 4.78 is 0. The standard InChI is InChI=1S/C16H33N3O/c1-4-13(2)15(17)16(20)18-10-6-8-12-19-11-7-5-9-14(19)3/h13-15H,4-12,17H2,1-3H3,(H,18,20). The summed E-state index contributed by atoms with van der Waals surface area (Å²) in [6, 6.07) is 0.374. The highest BCUT2D eigenvalue weighted by molar-refractivity contribution is 5.81. The second-order valence-corrected chi connectivity index (χ2v) is 6.29. The fourth-order valence-corrected chi connectivity index (χ4v) is 2.77. The average molecular weight is 283 g/mol. The first-order valence-electron chi connectivity index (χ1n) is 8.33. The number of nitrogens with one attached hydrogen (secondary N) is 1. The van der Waals surface area contributed by atoms with Crippen molar-refractivity contribution < 1.29 is 4.79 Å². The summed E-state index contributed by atoms with van der Waals surface area (Å²) in [5, 5.41) is 2.96.